The van der Waals surface area contributed by atoms with Crippen molar-refractivity contribution in [1.82, 2.24) is 15.0 Å². The molecule has 3 heterocycles. The van der Waals surface area contributed by atoms with Gasteiger partial charge in [0.1, 0.15) is 0 Å². The van der Waals surface area contributed by atoms with Gasteiger partial charge in [-0.15, -0.1) is 0 Å². The zero-order valence-electron chi connectivity index (χ0n) is 14.7. The summed E-state index contributed by atoms with van der Waals surface area (Å²) in [5, 5.41) is 3.90. The summed E-state index contributed by atoms with van der Waals surface area (Å²) in [6, 6.07) is 0. The van der Waals surface area contributed by atoms with Gasteiger partial charge in [0.05, 0.1) is 13.2 Å². The highest BCUT2D eigenvalue weighted by Crippen LogP contribution is 2.44. The Kier molecular flexibility index (Phi) is 4.11. The highest BCUT2D eigenvalue weighted by molar-refractivity contribution is 5.79. The maximum atomic E-state index is 13.0. The first-order chi connectivity index (χ1) is 11.6. The molecule has 0 N–H and O–H groups in total. The van der Waals surface area contributed by atoms with Crippen LogP contribution in [0.1, 0.15) is 44.3 Å². The third-order valence-electron chi connectivity index (χ3n) is 6.27. The van der Waals surface area contributed by atoms with Gasteiger partial charge in [-0.2, -0.15) is 4.98 Å². The Labute approximate surface area is 142 Å². The second-order valence-corrected chi connectivity index (χ2v) is 8.16. The Morgan fingerprint density at radius 2 is 2.12 bits per heavy atom. The van der Waals surface area contributed by atoms with Crippen LogP contribution in [-0.4, -0.2) is 47.3 Å². The maximum absolute atomic E-state index is 13.0. The van der Waals surface area contributed by atoms with Crippen LogP contribution < -0.4 is 0 Å². The van der Waals surface area contributed by atoms with E-state index in [1.165, 1.54) is 12.8 Å². The molecule has 24 heavy (non-hydrogen) atoms. The standard InChI is InChI=1S/C18H27N3O3/c1-12-3-5-14(6-4-12)17(22)21-8-15-9-23-11-18(15,10-21)7-16-19-13(2)20-24-16/h12,14-15H,3-11H2,1-2H3/t12?,14?,15-,18+/m1/s1. The van der Waals surface area contributed by atoms with Crippen LogP contribution in [-0.2, 0) is 16.0 Å². The monoisotopic (exact) mass is 333 g/mol. The first kappa shape index (κ1) is 16.1. The van der Waals surface area contributed by atoms with Gasteiger partial charge in [0, 0.05) is 36.8 Å². The number of aryl methyl sites for hydroxylation is 1. The lowest BCUT2D eigenvalue weighted by Gasteiger charge is -2.30. The van der Waals surface area contributed by atoms with Crippen molar-refractivity contribution in [3.63, 3.8) is 0 Å². The Balaban J connectivity index is 1.45. The molecule has 2 saturated heterocycles. The van der Waals surface area contributed by atoms with E-state index in [2.05, 4.69) is 22.0 Å². The molecule has 6 nitrogen and oxygen atoms in total. The van der Waals surface area contributed by atoms with Gasteiger partial charge in [0.15, 0.2) is 5.82 Å². The average Bonchev–Trinajstić information content (AvgIpc) is 3.22. The van der Waals surface area contributed by atoms with Crippen LogP contribution in [0.3, 0.4) is 0 Å². The fourth-order valence-corrected chi connectivity index (χ4v) is 4.73. The van der Waals surface area contributed by atoms with E-state index < -0.39 is 0 Å². The van der Waals surface area contributed by atoms with Crippen molar-refractivity contribution in [2.24, 2.45) is 23.2 Å². The van der Waals surface area contributed by atoms with E-state index in [0.29, 0.717) is 36.6 Å². The third-order valence-corrected chi connectivity index (χ3v) is 6.27. The van der Waals surface area contributed by atoms with Gasteiger partial charge in [-0.25, -0.2) is 0 Å². The number of nitrogens with zero attached hydrogens (tertiary/aromatic N) is 3. The normalized spacial score (nSPS) is 36.1. The Bertz CT molecular complexity index is 608. The molecule has 0 radical (unpaired) electrons. The molecule has 6 heteroatoms. The highest BCUT2D eigenvalue weighted by Gasteiger charge is 2.53. The van der Waals surface area contributed by atoms with Crippen molar-refractivity contribution in [2.75, 3.05) is 26.3 Å². The van der Waals surface area contributed by atoms with Gasteiger partial charge < -0.3 is 14.2 Å². The minimum absolute atomic E-state index is 0.0450. The van der Waals surface area contributed by atoms with Gasteiger partial charge in [-0.05, 0) is 38.5 Å². The molecular weight excluding hydrogens is 306 g/mol. The lowest BCUT2D eigenvalue weighted by atomic mass is 9.78. The predicted molar refractivity (Wildman–Crippen MR) is 87.2 cm³/mol. The van der Waals surface area contributed by atoms with Gasteiger partial charge >= 0.3 is 0 Å². The quantitative estimate of drug-likeness (QED) is 0.848. The van der Waals surface area contributed by atoms with Gasteiger partial charge in [0.25, 0.3) is 0 Å². The summed E-state index contributed by atoms with van der Waals surface area (Å²) in [4.78, 5) is 19.4. The first-order valence-corrected chi connectivity index (χ1v) is 9.21. The molecule has 2 aliphatic heterocycles. The van der Waals surface area contributed by atoms with Crippen molar-refractivity contribution >= 4 is 5.91 Å². The minimum Gasteiger partial charge on any atom is -0.380 e. The number of likely N-dealkylation sites (tertiary alicyclic amines) is 1. The smallest absolute Gasteiger partial charge is 0.227 e. The summed E-state index contributed by atoms with van der Waals surface area (Å²) in [6.45, 7) is 7.13. The number of carbonyl (C=O) groups is 1. The highest BCUT2D eigenvalue weighted by atomic mass is 16.5. The maximum Gasteiger partial charge on any atom is 0.227 e. The van der Waals surface area contributed by atoms with Crippen LogP contribution in [0.4, 0.5) is 0 Å². The molecule has 1 amide bonds. The second kappa shape index (κ2) is 6.14. The molecule has 0 aromatic carbocycles. The molecule has 0 bridgehead atoms. The molecule has 1 aliphatic carbocycles. The first-order valence-electron chi connectivity index (χ1n) is 9.21. The molecule has 1 aromatic heterocycles. The topological polar surface area (TPSA) is 68.5 Å². The summed E-state index contributed by atoms with van der Waals surface area (Å²) in [5.41, 5.74) is -0.0450. The van der Waals surface area contributed by atoms with Crippen molar-refractivity contribution in [3.05, 3.63) is 11.7 Å². The molecule has 3 aliphatic rings. The Hall–Kier alpha value is -1.43. The number of ether oxygens (including phenoxy) is 1. The van der Waals surface area contributed by atoms with E-state index in [-0.39, 0.29) is 11.3 Å². The molecule has 4 rings (SSSR count). The molecule has 0 unspecified atom stereocenters. The van der Waals surface area contributed by atoms with E-state index in [1.807, 2.05) is 6.92 Å². The van der Waals surface area contributed by atoms with E-state index in [1.54, 1.807) is 0 Å². The fourth-order valence-electron chi connectivity index (χ4n) is 4.73. The zero-order valence-corrected chi connectivity index (χ0v) is 14.7. The number of carbonyl (C=O) groups excluding carboxylic acids is 1. The number of aromatic nitrogens is 2. The Morgan fingerprint density at radius 3 is 2.83 bits per heavy atom. The number of fused-ring (bicyclic) bond motifs is 1. The number of hydrogen-bond donors (Lipinski definition) is 0. The van der Waals surface area contributed by atoms with Gasteiger partial charge in [0.2, 0.25) is 11.8 Å². The molecule has 132 valence electrons. The van der Waals surface area contributed by atoms with Crippen LogP contribution in [0.15, 0.2) is 4.52 Å². The van der Waals surface area contributed by atoms with E-state index >= 15 is 0 Å². The number of rotatable bonds is 3. The van der Waals surface area contributed by atoms with Crippen LogP contribution in [0.25, 0.3) is 0 Å². The van der Waals surface area contributed by atoms with Crippen molar-refractivity contribution in [1.29, 1.82) is 0 Å². The summed E-state index contributed by atoms with van der Waals surface area (Å²) in [6.07, 6.45) is 5.18. The average molecular weight is 333 g/mol. The van der Waals surface area contributed by atoms with Gasteiger partial charge in [-0.1, -0.05) is 12.1 Å². The summed E-state index contributed by atoms with van der Waals surface area (Å²) in [7, 11) is 0. The van der Waals surface area contributed by atoms with Crippen LogP contribution in [0.5, 0.6) is 0 Å². The molecule has 1 saturated carbocycles. The second-order valence-electron chi connectivity index (χ2n) is 8.16. The summed E-state index contributed by atoms with van der Waals surface area (Å²) < 4.78 is 11.1. The minimum atomic E-state index is -0.0450. The molecular formula is C18H27N3O3. The zero-order chi connectivity index (χ0) is 16.7. The lowest BCUT2D eigenvalue weighted by Crippen LogP contribution is -2.39. The number of hydrogen-bond acceptors (Lipinski definition) is 5. The van der Waals surface area contributed by atoms with E-state index in [4.69, 9.17) is 9.26 Å². The SMILES string of the molecule is Cc1noc(C[C@]23COC[C@H]2CN(C(=O)C2CCC(C)CC2)C3)n1. The molecule has 3 fully saturated rings. The van der Waals surface area contributed by atoms with Crippen molar-refractivity contribution < 1.29 is 14.1 Å². The lowest BCUT2D eigenvalue weighted by molar-refractivity contribution is -0.136. The molecule has 2 atom stereocenters. The Morgan fingerprint density at radius 1 is 1.33 bits per heavy atom. The summed E-state index contributed by atoms with van der Waals surface area (Å²) >= 11 is 0. The third kappa shape index (κ3) is 2.85. The number of amides is 1. The van der Waals surface area contributed by atoms with E-state index in [0.717, 1.165) is 38.5 Å². The van der Waals surface area contributed by atoms with Gasteiger partial charge in [-0.3, -0.25) is 4.79 Å². The van der Waals surface area contributed by atoms with Crippen LogP contribution in [0, 0.1) is 30.1 Å². The fraction of sp³-hybridized carbons (Fsp3) is 0.833. The van der Waals surface area contributed by atoms with Crippen LogP contribution >= 0.6 is 0 Å². The van der Waals surface area contributed by atoms with Crippen LogP contribution in [0.2, 0.25) is 0 Å². The largest absolute Gasteiger partial charge is 0.380 e. The van der Waals surface area contributed by atoms with E-state index in [9.17, 15) is 4.79 Å². The van der Waals surface area contributed by atoms with Crippen molar-refractivity contribution in [3.8, 4) is 0 Å². The molecule has 0 spiro atoms. The molecule has 1 aromatic rings. The van der Waals surface area contributed by atoms with Crippen molar-refractivity contribution in [2.45, 2.75) is 46.0 Å². The summed E-state index contributed by atoms with van der Waals surface area (Å²) in [5.74, 6) is 3.08. The predicted octanol–water partition coefficient (Wildman–Crippen LogP) is 2.22.